The number of quaternary nitrogens is 3. The molecule has 0 rings (SSSR count). The summed E-state index contributed by atoms with van der Waals surface area (Å²) in [4.78, 5) is 0. The van der Waals surface area contributed by atoms with Crippen LogP contribution in [0, 0.1) is 10.4 Å². The van der Waals surface area contributed by atoms with Crippen LogP contribution in [0.25, 0.3) is 0 Å². The molecule has 0 aromatic carbocycles. The molecule has 0 spiro atoms. The minimum Gasteiger partial charge on any atom is -0.852 e. The standard InChI is InChI=1S/C18H39NO.C16H35NO.C15H33NO.C14H29O.C3H7O/c1-4-7-8-9-10-11-12-13-14-15-16-17-18-19(20,5-2)6-3;1-4-7-8-9-10-11-12-13-14-15-16-17(18,5-2)6-3;1-4-5-6-7-8-9-10-11-12-13-14-16(2,3)15-17;1-4-5-6-7-8-9-10-11-12-13-14(2,3)15;1-3(2)4/h4-18H2,1-3H3;4-16H2,1-3H3;4-15H2,1-3H3;4-13H2,1-3H3;3H,1-2H3/q;;;2*-1. The molecule has 74 heavy (non-hydrogen) atoms. The first-order valence-electron chi connectivity index (χ1n) is 33.2. The summed E-state index contributed by atoms with van der Waals surface area (Å²) >= 11 is 0. The smallest absolute Gasteiger partial charge is 0.0783 e. The van der Waals surface area contributed by atoms with E-state index >= 15 is 0 Å². The molecule has 454 valence electrons. The summed E-state index contributed by atoms with van der Waals surface area (Å²) in [6.45, 7) is 29.5. The molecule has 0 aromatic heterocycles. The van der Waals surface area contributed by atoms with Crippen LogP contribution in [0.2, 0.25) is 0 Å². The van der Waals surface area contributed by atoms with Crippen molar-refractivity contribution in [2.45, 2.75) is 364 Å². The van der Waals surface area contributed by atoms with Gasteiger partial charge in [-0.15, -0.1) is 11.7 Å². The van der Waals surface area contributed by atoms with Crippen LogP contribution in [0.15, 0.2) is 0 Å². The van der Waals surface area contributed by atoms with Crippen molar-refractivity contribution in [3.05, 3.63) is 10.4 Å². The molecule has 0 amide bonds. The van der Waals surface area contributed by atoms with Gasteiger partial charge in [-0.1, -0.05) is 287 Å². The third-order valence-corrected chi connectivity index (χ3v) is 15.0. The van der Waals surface area contributed by atoms with E-state index < -0.39 is 11.7 Å². The Morgan fingerprint density at radius 2 is 0.500 bits per heavy atom. The van der Waals surface area contributed by atoms with E-state index in [4.69, 9.17) is 0 Å². The van der Waals surface area contributed by atoms with Crippen molar-refractivity contribution in [2.75, 3.05) is 66.6 Å². The topological polar surface area (TPSA) is 115 Å². The lowest BCUT2D eigenvalue weighted by Crippen LogP contribution is -2.46. The second kappa shape index (κ2) is 63.5. The van der Waals surface area contributed by atoms with Crippen molar-refractivity contribution in [3.63, 3.8) is 0 Å². The Morgan fingerprint density at radius 1 is 0.324 bits per heavy atom. The first-order valence-corrected chi connectivity index (χ1v) is 33.2. The van der Waals surface area contributed by atoms with Crippen LogP contribution in [-0.2, 0) is 0 Å². The maximum atomic E-state index is 12.1. The lowest BCUT2D eigenvalue weighted by atomic mass is 9.99. The second-order valence-electron chi connectivity index (χ2n) is 24.3. The van der Waals surface area contributed by atoms with Crippen LogP contribution in [0.3, 0.4) is 0 Å². The van der Waals surface area contributed by atoms with Gasteiger partial charge in [0.1, 0.15) is 0 Å². The molecule has 0 unspecified atom stereocenters. The highest BCUT2D eigenvalue weighted by Gasteiger charge is 2.11. The lowest BCUT2D eigenvalue weighted by molar-refractivity contribution is -0.951. The summed E-state index contributed by atoms with van der Waals surface area (Å²) in [6.07, 6.45) is 55.8. The molecular formula is C66H143N3O5-2. The first kappa shape index (κ1) is 82.5. The summed E-state index contributed by atoms with van der Waals surface area (Å²) in [5.41, 5.74) is -0.707. The number of hydroxylamine groups is 6. The van der Waals surface area contributed by atoms with Crippen LogP contribution < -0.4 is 15.3 Å². The molecule has 0 bridgehead atoms. The van der Waals surface area contributed by atoms with Gasteiger partial charge >= 0.3 is 0 Å². The van der Waals surface area contributed by atoms with Crippen LogP contribution in [-0.4, -0.2) is 92.1 Å². The van der Waals surface area contributed by atoms with Crippen molar-refractivity contribution >= 4 is 0 Å². The first-order chi connectivity index (χ1) is 35.3. The van der Waals surface area contributed by atoms with Gasteiger partial charge in [-0.05, 0) is 66.2 Å². The molecule has 0 aliphatic heterocycles. The molecule has 0 atom stereocenters. The van der Waals surface area contributed by atoms with E-state index in [2.05, 4.69) is 27.7 Å². The summed E-state index contributed by atoms with van der Waals surface area (Å²) in [5.74, 6) is 0. The number of hydrogen-bond donors (Lipinski definition) is 0. The third-order valence-electron chi connectivity index (χ3n) is 15.0. The van der Waals surface area contributed by atoms with Crippen LogP contribution in [0.1, 0.15) is 353 Å². The molecule has 0 fully saturated rings. The predicted molar refractivity (Wildman–Crippen MR) is 327 cm³/mol. The molecule has 0 radical (unpaired) electrons. The van der Waals surface area contributed by atoms with Gasteiger partial charge in [0, 0.05) is 6.73 Å². The van der Waals surface area contributed by atoms with Gasteiger partial charge < -0.3 is 39.5 Å². The fourth-order valence-electron chi connectivity index (χ4n) is 9.16. The van der Waals surface area contributed by atoms with Crippen molar-refractivity contribution in [3.8, 4) is 0 Å². The predicted octanol–water partition coefficient (Wildman–Crippen LogP) is 18.4. The molecule has 0 saturated heterocycles. The molecule has 0 aromatic rings. The average molecular weight is 1060 g/mol. The zero-order chi connectivity index (χ0) is 56.9. The molecule has 0 saturated carbocycles. The quantitative estimate of drug-likeness (QED) is 0.0260. The van der Waals surface area contributed by atoms with E-state index in [-0.39, 0.29) is 16.0 Å². The normalized spacial score (nSPS) is 11.8. The Morgan fingerprint density at radius 3 is 0.676 bits per heavy atom. The minimum atomic E-state index is -0.707. The Labute approximate surface area is 468 Å². The number of nitrogens with zero attached hydrogens (tertiary/aromatic N) is 3. The fraction of sp³-hybridized carbons (Fsp3) is 1.00. The second-order valence-corrected chi connectivity index (χ2v) is 24.3. The Bertz CT molecular complexity index is 979. The number of rotatable bonds is 50. The SMILES string of the molecule is CC(C)[O-].CCCCCCCCCCCC(C)(C)[O-].CCCCCCCCCCCCCC[N+]([O-])(CC)CC.CCCCCCCCCCCC[N+](C)(C)C[O-].CCCCCCCCCCCC[N+]([O-])(CC)CC. The Kier molecular flexibility index (Phi) is 70.8. The third kappa shape index (κ3) is 78.2. The number of hydrogen-bond acceptors (Lipinski definition) is 5. The van der Waals surface area contributed by atoms with Gasteiger partial charge in [0.25, 0.3) is 0 Å². The van der Waals surface area contributed by atoms with Crippen LogP contribution in [0.4, 0.5) is 0 Å². The average Bonchev–Trinajstić information content (AvgIpc) is 3.37. The molecular weight excluding hydrogens is 915 g/mol. The molecule has 0 aliphatic carbocycles. The summed E-state index contributed by atoms with van der Waals surface area (Å²) in [5, 5.41) is 55.7. The summed E-state index contributed by atoms with van der Waals surface area (Å²) in [7, 11) is 4.06. The maximum Gasteiger partial charge on any atom is 0.0783 e. The highest BCUT2D eigenvalue weighted by Crippen LogP contribution is 2.17. The zero-order valence-electron chi connectivity index (χ0n) is 53.8. The highest BCUT2D eigenvalue weighted by molar-refractivity contribution is 4.62. The van der Waals surface area contributed by atoms with Gasteiger partial charge in [-0.3, -0.25) is 0 Å². The van der Waals surface area contributed by atoms with Gasteiger partial charge in [-0.25, -0.2) is 0 Å². The minimum absolute atomic E-state index is 0.0109. The largest absolute Gasteiger partial charge is 0.852 e. The maximum absolute atomic E-state index is 12.1. The fourth-order valence-corrected chi connectivity index (χ4v) is 9.16. The summed E-state index contributed by atoms with van der Waals surface area (Å²) in [6, 6.07) is 0. The van der Waals surface area contributed by atoms with E-state index in [1.165, 1.54) is 244 Å². The van der Waals surface area contributed by atoms with Crippen LogP contribution >= 0.6 is 0 Å². The molecule has 8 heteroatoms. The van der Waals surface area contributed by atoms with Gasteiger partial charge in [0.15, 0.2) is 0 Å². The van der Waals surface area contributed by atoms with Crippen molar-refractivity contribution in [1.82, 2.24) is 0 Å². The van der Waals surface area contributed by atoms with E-state index in [0.29, 0.717) is 4.48 Å². The monoisotopic (exact) mass is 1060 g/mol. The highest BCUT2D eigenvalue weighted by atomic mass is 16.5. The van der Waals surface area contributed by atoms with Gasteiger partial charge in [0.2, 0.25) is 0 Å². The van der Waals surface area contributed by atoms with E-state index in [1.54, 1.807) is 27.7 Å². The molecule has 0 aliphatic rings. The van der Waals surface area contributed by atoms with Crippen molar-refractivity contribution < 1.29 is 29.1 Å². The lowest BCUT2D eigenvalue weighted by Gasteiger charge is -2.41. The molecule has 0 heterocycles. The van der Waals surface area contributed by atoms with Gasteiger partial charge in [-0.2, -0.15) is 0 Å². The van der Waals surface area contributed by atoms with Crippen molar-refractivity contribution in [1.29, 1.82) is 0 Å². The zero-order valence-corrected chi connectivity index (χ0v) is 53.8. The summed E-state index contributed by atoms with van der Waals surface area (Å²) < 4.78 is 0.659. The van der Waals surface area contributed by atoms with Crippen LogP contribution in [0.5, 0.6) is 0 Å². The van der Waals surface area contributed by atoms with Crippen molar-refractivity contribution in [2.24, 2.45) is 0 Å². The Hall–Kier alpha value is -0.320. The van der Waals surface area contributed by atoms with E-state index in [0.717, 1.165) is 71.5 Å². The number of unbranched alkanes of at least 4 members (excludes halogenated alkanes) is 37. The molecule has 8 nitrogen and oxygen atoms in total. The molecule has 0 N–H and O–H groups in total. The van der Waals surface area contributed by atoms with E-state index in [9.17, 15) is 25.7 Å². The van der Waals surface area contributed by atoms with Gasteiger partial charge in [0.05, 0.1) is 59.9 Å². The van der Waals surface area contributed by atoms with E-state index in [1.807, 2.05) is 41.8 Å². The Balaban J connectivity index is -0.000000280.